The van der Waals surface area contributed by atoms with Crippen molar-refractivity contribution in [1.82, 2.24) is 10.6 Å². The molecule has 2 N–H and O–H groups in total. The van der Waals surface area contributed by atoms with E-state index in [1.807, 2.05) is 0 Å². The van der Waals surface area contributed by atoms with Crippen molar-refractivity contribution in [2.24, 2.45) is 0 Å². The van der Waals surface area contributed by atoms with Crippen molar-refractivity contribution in [3.63, 3.8) is 0 Å². The zero-order valence-electron chi connectivity index (χ0n) is 61.0. The number of nitrogens with one attached hydrogen (secondary N) is 2. The van der Waals surface area contributed by atoms with E-state index in [1.54, 1.807) is 140 Å². The van der Waals surface area contributed by atoms with Crippen molar-refractivity contribution in [3.05, 3.63) is 251 Å². The number of alkyl halides is 1. The van der Waals surface area contributed by atoms with Crippen LogP contribution in [-0.4, -0.2) is 152 Å². The first-order chi connectivity index (χ1) is 54.3. The van der Waals surface area contributed by atoms with E-state index in [1.165, 1.54) is 72.8 Å². The molecule has 7 rings (SSSR count). The van der Waals surface area contributed by atoms with Gasteiger partial charge in [-0.05, 0) is 97.2 Å². The Bertz CT molecular complexity index is 4180. The van der Waals surface area contributed by atoms with Crippen LogP contribution >= 0.6 is 15.9 Å². The maximum Gasteiger partial charge on any atom is 0.352 e. The van der Waals surface area contributed by atoms with Crippen LogP contribution in [-0.2, 0) is 136 Å². The Labute approximate surface area is 653 Å². The molecule has 0 aliphatic heterocycles. The number of halogens is 1. The van der Waals surface area contributed by atoms with Gasteiger partial charge in [-0.3, -0.25) is 33.6 Å². The fourth-order valence-corrected chi connectivity index (χ4v) is 10.4. The minimum absolute atomic E-state index is 0.00946. The van der Waals surface area contributed by atoms with Crippen LogP contribution in [0.4, 0.5) is 0 Å². The number of unbranched alkanes of at least 4 members (excludes halogenated alkanes) is 4. The van der Waals surface area contributed by atoms with Gasteiger partial charge in [-0.25, -0.2) is 33.6 Å². The predicted octanol–water partition coefficient (Wildman–Crippen LogP) is 9.77. The van der Waals surface area contributed by atoms with Crippen LogP contribution in [0.25, 0.3) is 0 Å². The number of carbonyl (C=O) groups excluding carboxylic acids is 14. The molecule has 0 spiro atoms. The molecule has 0 saturated heterocycles. The van der Waals surface area contributed by atoms with Gasteiger partial charge >= 0.3 is 71.6 Å². The number of esters is 12. The van der Waals surface area contributed by atoms with Crippen molar-refractivity contribution < 1.29 is 124 Å². The van der Waals surface area contributed by atoms with Gasteiger partial charge in [0.15, 0.2) is 0 Å². The number of amides is 2. The van der Waals surface area contributed by atoms with Gasteiger partial charge in [-0.2, -0.15) is 0 Å². The van der Waals surface area contributed by atoms with Crippen molar-refractivity contribution in [2.75, 3.05) is 31.6 Å². The number of benzene rings is 7. The third-order valence-electron chi connectivity index (χ3n) is 16.0. The minimum Gasteiger partial charge on any atom is -0.465 e. The lowest BCUT2D eigenvalue weighted by atomic mass is 10.1. The van der Waals surface area contributed by atoms with E-state index in [-0.39, 0.29) is 108 Å². The molecule has 0 heterocycles. The lowest BCUT2D eigenvalue weighted by Crippen LogP contribution is -2.53. The normalized spacial score (nSPS) is 12.3. The molecule has 7 aromatic carbocycles. The Balaban J connectivity index is 1.02. The van der Waals surface area contributed by atoms with Gasteiger partial charge < -0.3 is 67.5 Å². The van der Waals surface area contributed by atoms with E-state index in [2.05, 4.69) is 26.6 Å². The molecule has 0 saturated carbocycles. The summed E-state index contributed by atoms with van der Waals surface area (Å²) in [5.41, 5.74) is 2.04. The highest BCUT2D eigenvalue weighted by atomic mass is 79.9. The van der Waals surface area contributed by atoms with Gasteiger partial charge in [0.2, 0.25) is 36.6 Å². The largest absolute Gasteiger partial charge is 0.465 e. The zero-order valence-corrected chi connectivity index (χ0v) is 62.6. The highest BCUT2D eigenvalue weighted by Gasteiger charge is 2.45. The fourth-order valence-electron chi connectivity index (χ4n) is 10.2. The van der Waals surface area contributed by atoms with E-state index in [9.17, 15) is 67.1 Å². The lowest BCUT2D eigenvalue weighted by Gasteiger charge is -2.26. The van der Waals surface area contributed by atoms with Gasteiger partial charge in [0, 0.05) is 37.7 Å². The molecule has 0 fully saturated rings. The molecule has 0 radical (unpaired) electrons. The highest BCUT2D eigenvalue weighted by molar-refractivity contribution is 9.09. The summed E-state index contributed by atoms with van der Waals surface area (Å²) in [4.78, 5) is 191. The van der Waals surface area contributed by atoms with Crippen molar-refractivity contribution in [2.45, 2.75) is 140 Å². The Morgan fingerprint density at radius 2 is 0.527 bits per heavy atom. The van der Waals surface area contributed by atoms with Crippen molar-refractivity contribution in [1.29, 1.82) is 0 Å². The SMILES string of the molecule is O=C(CC(=O)OCCCC(=O)O[C@@H](C(=O)NCCCCCC(=O)O[C@@H](C(=O)OCc1ccccc1)[C@@H](OC(=O)c1ccccc1)C(=O)OCc1ccccc1)[C@@H](OC(=O)c1ccccc1)C(=O)NCCCCCC(=O)O[C@@H](C(=O)OCc1ccccc1)[C@@H](OC(=O)c1ccccc1)C(=O)OCc1ccccc1)OCCCBr. The van der Waals surface area contributed by atoms with Crippen molar-refractivity contribution in [3.8, 4) is 0 Å². The summed E-state index contributed by atoms with van der Waals surface area (Å²) in [6.07, 6.45) is -14.5. The summed E-state index contributed by atoms with van der Waals surface area (Å²) in [6, 6.07) is 56.1. The molecule has 28 nitrogen and oxygen atoms in total. The van der Waals surface area contributed by atoms with Gasteiger partial charge in [0.1, 0.15) is 32.8 Å². The summed E-state index contributed by atoms with van der Waals surface area (Å²) in [5.74, 6) is -15.5. The summed E-state index contributed by atoms with van der Waals surface area (Å²) < 4.78 is 65.9. The van der Waals surface area contributed by atoms with Crippen molar-refractivity contribution >= 4 is 99.4 Å². The van der Waals surface area contributed by atoms with E-state index in [4.69, 9.17) is 56.8 Å². The summed E-state index contributed by atoms with van der Waals surface area (Å²) >= 11 is 3.21. The predicted molar refractivity (Wildman–Crippen MR) is 399 cm³/mol. The number of rotatable bonds is 47. The molecule has 590 valence electrons. The number of hydrogen-bond acceptors (Lipinski definition) is 26. The smallest absolute Gasteiger partial charge is 0.352 e. The van der Waals surface area contributed by atoms with Crippen LogP contribution in [0, 0.1) is 0 Å². The fraction of sp³-hybridized carbons (Fsp3) is 0.325. The monoisotopic (exact) mass is 1600 g/mol. The Kier molecular flexibility index (Phi) is 37.9. The molecular formula is C83H85BrN2O26. The molecule has 0 aromatic heterocycles. The average Bonchev–Trinajstić information content (AvgIpc) is 0.844. The first-order valence-electron chi connectivity index (χ1n) is 36.0. The minimum atomic E-state index is -2.22. The second-order valence-corrected chi connectivity index (χ2v) is 25.4. The summed E-state index contributed by atoms with van der Waals surface area (Å²) in [7, 11) is 0. The quantitative estimate of drug-likeness (QED) is 0.0118. The third-order valence-corrected chi connectivity index (χ3v) is 16.6. The molecule has 6 atom stereocenters. The van der Waals surface area contributed by atoms with Crippen LogP contribution < -0.4 is 10.6 Å². The molecule has 0 bridgehead atoms. The maximum absolute atomic E-state index is 14.4. The number of ether oxygens (including phenoxy) is 12. The average molecular weight is 1610 g/mol. The second kappa shape index (κ2) is 48.9. The molecule has 0 aliphatic carbocycles. The van der Waals surface area contributed by atoms with Crippen LogP contribution in [0.15, 0.2) is 212 Å². The standard InChI is InChI=1S/C83H85BrN2O26/c84-47-29-51-102-68(91)52-67(90)101-50-28-46-66(89)107-69(75(92)85-48-26-8-24-44-64(87)108-71(80(97)103-53-57-30-10-1-11-31-57)73(111-78(95)62-40-20-6-21-41-62)82(99)105-55-59-34-14-3-15-35-59)70(110-77(94)61-38-18-5-19-39-61)76(93)86-49-27-9-25-45-65(88)109-72(81(98)104-54-58-32-12-2-13-33-58)74(112-79(96)63-42-22-7-23-43-63)83(100)106-56-60-36-16-4-17-37-60/h1-7,10-23,30-43,69-74H,8-9,24-29,44-56H2,(H,85,92)(H,86,93)/t69-,70-,71-,72-,73-,74-/m1/s1. The molecule has 112 heavy (non-hydrogen) atoms. The first kappa shape index (κ1) is 86.8. The Morgan fingerprint density at radius 1 is 0.268 bits per heavy atom. The summed E-state index contributed by atoms with van der Waals surface area (Å²) in [5, 5.41) is 5.70. The molecule has 0 aliphatic rings. The summed E-state index contributed by atoms with van der Waals surface area (Å²) in [6.45, 7) is -2.11. The zero-order chi connectivity index (χ0) is 80.1. The lowest BCUT2D eigenvalue weighted by molar-refractivity contribution is -0.185. The Hall–Kier alpha value is -12.4. The van der Waals surface area contributed by atoms with Crippen LogP contribution in [0.1, 0.15) is 130 Å². The van der Waals surface area contributed by atoms with E-state index in [0.717, 1.165) is 0 Å². The van der Waals surface area contributed by atoms with Gasteiger partial charge in [-0.1, -0.05) is 205 Å². The number of carbonyl (C=O) groups is 14. The molecule has 29 heteroatoms. The maximum atomic E-state index is 14.4. The molecule has 0 unspecified atom stereocenters. The first-order valence-corrected chi connectivity index (χ1v) is 37.1. The molecule has 2 amide bonds. The van der Waals surface area contributed by atoms with E-state index >= 15 is 0 Å². The Morgan fingerprint density at radius 3 is 0.839 bits per heavy atom. The third kappa shape index (κ3) is 31.7. The van der Waals surface area contributed by atoms with E-state index in [0.29, 0.717) is 34.0 Å². The second-order valence-electron chi connectivity index (χ2n) is 24.6. The van der Waals surface area contributed by atoms with Gasteiger partial charge in [0.05, 0.1) is 29.9 Å². The van der Waals surface area contributed by atoms with Crippen LogP contribution in [0.5, 0.6) is 0 Å². The number of hydrogen-bond donors (Lipinski definition) is 2. The van der Waals surface area contributed by atoms with Gasteiger partial charge in [-0.15, -0.1) is 0 Å². The highest BCUT2D eigenvalue weighted by Crippen LogP contribution is 2.22. The van der Waals surface area contributed by atoms with E-state index < -0.39 is 152 Å². The molecular weight excluding hydrogens is 1520 g/mol. The van der Waals surface area contributed by atoms with Crippen LogP contribution in [0.2, 0.25) is 0 Å². The van der Waals surface area contributed by atoms with Gasteiger partial charge in [0.25, 0.3) is 11.8 Å². The topological polar surface area (TPSA) is 374 Å². The van der Waals surface area contributed by atoms with Crippen LogP contribution in [0.3, 0.4) is 0 Å². The molecule has 7 aromatic rings.